The molecule has 0 heterocycles. The zero-order valence-corrected chi connectivity index (χ0v) is 13.8. The summed E-state index contributed by atoms with van der Waals surface area (Å²) in [5.41, 5.74) is 0.717. The zero-order valence-electron chi connectivity index (χ0n) is 10.2. The SMILES string of the molecule is COc1cc(OCCCC(=O)[N]=[Hf+2])ccc1CO. The van der Waals surface area contributed by atoms with Gasteiger partial charge >= 0.3 is 121 Å². The normalized spacial score (nSPS) is 10.0. The predicted molar refractivity (Wildman–Crippen MR) is 61.1 cm³/mol. The Balaban J connectivity index is 2.47. The number of rotatable bonds is 7. The van der Waals surface area contributed by atoms with Gasteiger partial charge in [0, 0.05) is 0 Å². The summed E-state index contributed by atoms with van der Waals surface area (Å²) in [6, 6.07) is 5.25. The summed E-state index contributed by atoms with van der Waals surface area (Å²) < 4.78 is 14.3. The third kappa shape index (κ3) is 4.78. The molecule has 0 aliphatic heterocycles. The number of aliphatic hydroxyl groups is 1. The van der Waals surface area contributed by atoms with Crippen LogP contribution in [0.1, 0.15) is 18.4 Å². The molecule has 0 saturated carbocycles. The second kappa shape index (κ2) is 8.26. The van der Waals surface area contributed by atoms with Crippen LogP contribution < -0.4 is 9.47 Å². The van der Waals surface area contributed by atoms with E-state index in [1.807, 2.05) is 0 Å². The molecule has 0 fully saturated rings. The molecular weight excluding hydrogens is 401 g/mol. The van der Waals surface area contributed by atoms with Crippen molar-refractivity contribution in [2.24, 2.45) is 2.92 Å². The van der Waals surface area contributed by atoms with Gasteiger partial charge in [-0.1, -0.05) is 0 Å². The fraction of sp³-hybridized carbons (Fsp3) is 0.417. The van der Waals surface area contributed by atoms with E-state index in [0.29, 0.717) is 55.2 Å². The average Bonchev–Trinajstić information content (AvgIpc) is 2.42. The first-order chi connectivity index (χ1) is 8.71. The first-order valence-electron chi connectivity index (χ1n) is 5.52. The van der Waals surface area contributed by atoms with Crippen LogP contribution in [-0.2, 0) is 35.6 Å². The van der Waals surface area contributed by atoms with Gasteiger partial charge in [-0.3, -0.25) is 0 Å². The van der Waals surface area contributed by atoms with Crippen LogP contribution in [0.5, 0.6) is 11.5 Å². The Kier molecular flexibility index (Phi) is 6.97. The third-order valence-electron chi connectivity index (χ3n) is 2.36. The molecule has 0 aliphatic rings. The maximum absolute atomic E-state index is 11.0. The Labute approximate surface area is 121 Å². The van der Waals surface area contributed by atoms with Gasteiger partial charge < -0.3 is 0 Å². The van der Waals surface area contributed by atoms with Crippen LogP contribution in [0.3, 0.4) is 0 Å². The van der Waals surface area contributed by atoms with E-state index in [0.717, 1.165) is 5.56 Å². The van der Waals surface area contributed by atoms with Crippen LogP contribution in [0.15, 0.2) is 21.1 Å². The van der Waals surface area contributed by atoms with Crippen molar-refractivity contribution in [1.29, 1.82) is 0 Å². The van der Waals surface area contributed by atoms with E-state index < -0.39 is 0 Å². The fourth-order valence-corrected chi connectivity index (χ4v) is 1.82. The molecule has 6 heteroatoms. The topological polar surface area (TPSA) is 68.1 Å². The monoisotopic (exact) mass is 417 g/mol. The summed E-state index contributed by atoms with van der Waals surface area (Å²) in [5, 5.41) is 9.08. The Morgan fingerprint density at radius 1 is 1.50 bits per heavy atom. The minimum absolute atomic E-state index is 0.0570. The van der Waals surface area contributed by atoms with E-state index in [2.05, 4.69) is 2.92 Å². The molecule has 1 rings (SSSR count). The Morgan fingerprint density at radius 2 is 2.28 bits per heavy atom. The van der Waals surface area contributed by atoms with Gasteiger partial charge in [0.15, 0.2) is 0 Å². The van der Waals surface area contributed by atoms with Crippen LogP contribution >= 0.6 is 0 Å². The van der Waals surface area contributed by atoms with Crippen molar-refractivity contribution in [2.45, 2.75) is 19.4 Å². The van der Waals surface area contributed by atoms with Gasteiger partial charge in [0.1, 0.15) is 0 Å². The molecule has 1 N–H and O–H groups in total. The molecule has 0 unspecified atom stereocenters. The molecule has 0 aromatic heterocycles. The molecule has 0 saturated heterocycles. The van der Waals surface area contributed by atoms with E-state index in [1.54, 1.807) is 25.3 Å². The van der Waals surface area contributed by atoms with Crippen LogP contribution in [0, 0.1) is 0 Å². The average molecular weight is 416 g/mol. The number of hydrogen-bond donors (Lipinski definition) is 1. The molecule has 1 aromatic rings. The number of aliphatic hydroxyl groups excluding tert-OH is 1. The number of amides is 1. The molecule has 0 atom stereocenters. The minimum atomic E-state index is -0.0696. The van der Waals surface area contributed by atoms with Gasteiger partial charge in [0.05, 0.1) is 0 Å². The summed E-state index contributed by atoms with van der Waals surface area (Å²) in [6.07, 6.45) is 1.07. The van der Waals surface area contributed by atoms with Crippen molar-refractivity contribution < 1.29 is 43.6 Å². The van der Waals surface area contributed by atoms with Crippen molar-refractivity contribution in [1.82, 2.24) is 0 Å². The fourth-order valence-electron chi connectivity index (χ4n) is 1.41. The first kappa shape index (κ1) is 15.2. The molecule has 1 amide bonds. The summed E-state index contributed by atoms with van der Waals surface area (Å²) in [7, 11) is 1.55. The van der Waals surface area contributed by atoms with Crippen molar-refractivity contribution in [2.75, 3.05) is 13.7 Å². The van der Waals surface area contributed by atoms with Gasteiger partial charge in [-0.25, -0.2) is 0 Å². The number of nitrogens with zero attached hydrogens (tertiary/aromatic N) is 1. The quantitative estimate of drug-likeness (QED) is 0.542. The Hall–Kier alpha value is -0.880. The van der Waals surface area contributed by atoms with E-state index in [1.165, 1.54) is 0 Å². The van der Waals surface area contributed by atoms with Gasteiger partial charge in [-0.2, -0.15) is 0 Å². The van der Waals surface area contributed by atoms with Crippen molar-refractivity contribution >= 4 is 5.91 Å². The van der Waals surface area contributed by atoms with Crippen LogP contribution in [0.25, 0.3) is 0 Å². The van der Waals surface area contributed by atoms with Crippen molar-refractivity contribution in [3.8, 4) is 11.5 Å². The Bertz CT molecular complexity index is 423. The second-order valence-electron chi connectivity index (χ2n) is 3.59. The summed E-state index contributed by atoms with van der Waals surface area (Å²) in [5.74, 6) is 1.21. The van der Waals surface area contributed by atoms with E-state index >= 15 is 0 Å². The second-order valence-corrected chi connectivity index (χ2v) is 4.39. The van der Waals surface area contributed by atoms with Crippen LogP contribution in [-0.4, -0.2) is 24.7 Å². The van der Waals surface area contributed by atoms with E-state index in [9.17, 15) is 4.79 Å². The standard InChI is InChI=1S/C12H15NO4.Hf/c1-16-11-7-10(5-4-9(11)8-14)17-6-2-3-12(13)15;/h4-5,7,14H,2-3,6,8H2,1H3;/q;+2. The first-order valence-corrected chi connectivity index (χ1v) is 7.12. The molecule has 0 aliphatic carbocycles. The Morgan fingerprint density at radius 3 is 2.89 bits per heavy atom. The summed E-state index contributed by atoms with van der Waals surface area (Å²) >= 11 is 0.559. The molecular formula is C12H15HfNO4+2. The van der Waals surface area contributed by atoms with Crippen LogP contribution in [0.4, 0.5) is 0 Å². The molecule has 1 aromatic carbocycles. The summed E-state index contributed by atoms with van der Waals surface area (Å²) in [4.78, 5) is 11.0. The molecule has 0 radical (unpaired) electrons. The van der Waals surface area contributed by atoms with Crippen LogP contribution in [0.2, 0.25) is 0 Å². The van der Waals surface area contributed by atoms with Gasteiger partial charge in [0.2, 0.25) is 0 Å². The van der Waals surface area contributed by atoms with Crippen molar-refractivity contribution in [3.05, 3.63) is 23.8 Å². The number of carbonyl (C=O) groups excluding carboxylic acids is 1. The molecule has 0 spiro atoms. The molecule has 18 heavy (non-hydrogen) atoms. The summed E-state index contributed by atoms with van der Waals surface area (Å²) in [6.45, 7) is 0.393. The van der Waals surface area contributed by atoms with Gasteiger partial charge in [0.25, 0.3) is 0 Å². The predicted octanol–water partition coefficient (Wildman–Crippen LogP) is 1.60. The van der Waals surface area contributed by atoms with Gasteiger partial charge in [-0.15, -0.1) is 0 Å². The molecule has 94 valence electrons. The number of methoxy groups -OCH3 is 1. The van der Waals surface area contributed by atoms with E-state index in [-0.39, 0.29) is 12.5 Å². The number of hydrogen-bond acceptors (Lipinski definition) is 4. The van der Waals surface area contributed by atoms with E-state index in [4.69, 9.17) is 14.6 Å². The number of ether oxygens (including phenoxy) is 2. The maximum atomic E-state index is 11.0. The van der Waals surface area contributed by atoms with Crippen molar-refractivity contribution in [3.63, 3.8) is 0 Å². The van der Waals surface area contributed by atoms with Gasteiger partial charge in [-0.05, 0) is 0 Å². The third-order valence-corrected chi connectivity index (χ3v) is 3.25. The zero-order chi connectivity index (χ0) is 13.4. The number of benzene rings is 1. The number of carbonyl (C=O) groups is 1. The molecule has 0 bridgehead atoms. The molecule has 5 nitrogen and oxygen atoms in total.